The lowest BCUT2D eigenvalue weighted by Crippen LogP contribution is -1.91. The molecule has 1 aromatic carbocycles. The summed E-state index contributed by atoms with van der Waals surface area (Å²) >= 11 is 0. The molecular formula is C12H12N2. The van der Waals surface area contributed by atoms with Crippen molar-refractivity contribution in [2.45, 2.75) is 6.92 Å². The summed E-state index contributed by atoms with van der Waals surface area (Å²) in [6.45, 7) is 5.67. The van der Waals surface area contributed by atoms with Crippen LogP contribution in [0.4, 0.5) is 5.82 Å². The van der Waals surface area contributed by atoms with Gasteiger partial charge in [-0.3, -0.25) is 0 Å². The first-order valence-electron chi connectivity index (χ1n) is 4.55. The first-order chi connectivity index (χ1) is 6.81. The molecule has 2 aromatic rings. The maximum absolute atomic E-state index is 4.48. The standard InChI is InChI=1S/C12H12N2/c1-3-13-11-8-7-10-6-4-5-9(2)12(10)14-11/h3-8H,1H2,2H3,(H,13,14). The number of rotatable bonds is 2. The van der Waals surface area contributed by atoms with Crippen molar-refractivity contribution < 1.29 is 0 Å². The van der Waals surface area contributed by atoms with Crippen LogP contribution in [-0.2, 0) is 0 Å². The average molecular weight is 184 g/mol. The van der Waals surface area contributed by atoms with Gasteiger partial charge in [0.2, 0.25) is 0 Å². The van der Waals surface area contributed by atoms with Crippen molar-refractivity contribution in [3.05, 3.63) is 48.7 Å². The van der Waals surface area contributed by atoms with E-state index in [-0.39, 0.29) is 0 Å². The Bertz CT molecular complexity index is 475. The van der Waals surface area contributed by atoms with Crippen LogP contribution in [0.15, 0.2) is 43.1 Å². The molecule has 0 aliphatic carbocycles. The number of pyridine rings is 1. The lowest BCUT2D eigenvalue weighted by Gasteiger charge is -2.04. The number of benzene rings is 1. The van der Waals surface area contributed by atoms with Gasteiger partial charge in [-0.25, -0.2) is 4.98 Å². The molecule has 0 saturated carbocycles. The molecule has 1 aromatic heterocycles. The maximum Gasteiger partial charge on any atom is 0.130 e. The van der Waals surface area contributed by atoms with Gasteiger partial charge in [-0.1, -0.05) is 24.8 Å². The summed E-state index contributed by atoms with van der Waals surface area (Å²) in [6.07, 6.45) is 1.63. The largest absolute Gasteiger partial charge is 0.347 e. The molecule has 0 bridgehead atoms. The zero-order chi connectivity index (χ0) is 9.97. The zero-order valence-corrected chi connectivity index (χ0v) is 8.12. The van der Waals surface area contributed by atoms with Crippen LogP contribution in [0, 0.1) is 6.92 Å². The number of aromatic nitrogens is 1. The smallest absolute Gasteiger partial charge is 0.130 e. The number of nitrogens with zero attached hydrogens (tertiary/aromatic N) is 1. The highest BCUT2D eigenvalue weighted by Crippen LogP contribution is 2.18. The number of hydrogen-bond donors (Lipinski definition) is 1. The molecule has 14 heavy (non-hydrogen) atoms. The normalized spacial score (nSPS) is 10.1. The SMILES string of the molecule is C=CNc1ccc2cccc(C)c2n1. The minimum absolute atomic E-state index is 0.835. The van der Waals surface area contributed by atoms with Crippen molar-refractivity contribution in [1.29, 1.82) is 0 Å². The van der Waals surface area contributed by atoms with Crippen molar-refractivity contribution in [3.8, 4) is 0 Å². The van der Waals surface area contributed by atoms with E-state index in [1.165, 1.54) is 10.9 Å². The Kier molecular flexibility index (Phi) is 2.19. The van der Waals surface area contributed by atoms with Gasteiger partial charge in [0.05, 0.1) is 5.52 Å². The van der Waals surface area contributed by atoms with Gasteiger partial charge < -0.3 is 5.32 Å². The highest BCUT2D eigenvalue weighted by molar-refractivity contribution is 5.83. The summed E-state index contributed by atoms with van der Waals surface area (Å²) in [5, 5.41) is 4.15. The Hall–Kier alpha value is -1.83. The first-order valence-corrected chi connectivity index (χ1v) is 4.55. The Morgan fingerprint density at radius 1 is 1.29 bits per heavy atom. The lowest BCUT2D eigenvalue weighted by molar-refractivity contribution is 1.35. The molecule has 2 rings (SSSR count). The summed E-state index contributed by atoms with van der Waals surface area (Å²) in [7, 11) is 0. The predicted octanol–water partition coefficient (Wildman–Crippen LogP) is 3.10. The number of anilines is 1. The Labute approximate surface area is 83.3 Å². The fourth-order valence-electron chi connectivity index (χ4n) is 1.48. The maximum atomic E-state index is 4.48. The highest BCUT2D eigenvalue weighted by Gasteiger charge is 1.98. The number of fused-ring (bicyclic) bond motifs is 1. The molecule has 0 atom stereocenters. The number of aryl methyl sites for hydroxylation is 1. The second-order valence-electron chi connectivity index (χ2n) is 3.19. The first kappa shape index (κ1) is 8.75. The lowest BCUT2D eigenvalue weighted by atomic mass is 10.1. The van der Waals surface area contributed by atoms with Gasteiger partial charge in [-0.15, -0.1) is 0 Å². The van der Waals surface area contributed by atoms with Gasteiger partial charge in [0.1, 0.15) is 5.82 Å². The Morgan fingerprint density at radius 2 is 2.14 bits per heavy atom. The van der Waals surface area contributed by atoms with Crippen molar-refractivity contribution in [2.75, 3.05) is 5.32 Å². The van der Waals surface area contributed by atoms with Crippen molar-refractivity contribution in [3.63, 3.8) is 0 Å². The van der Waals surface area contributed by atoms with E-state index in [0.29, 0.717) is 0 Å². The van der Waals surface area contributed by atoms with Crippen LogP contribution < -0.4 is 5.32 Å². The van der Waals surface area contributed by atoms with Gasteiger partial charge in [0.15, 0.2) is 0 Å². The molecule has 1 heterocycles. The topological polar surface area (TPSA) is 24.9 Å². The molecule has 2 heteroatoms. The van der Waals surface area contributed by atoms with Gasteiger partial charge in [-0.2, -0.15) is 0 Å². The molecule has 0 saturated heterocycles. The van der Waals surface area contributed by atoms with Crippen LogP contribution >= 0.6 is 0 Å². The molecule has 0 unspecified atom stereocenters. The molecule has 0 fully saturated rings. The zero-order valence-electron chi connectivity index (χ0n) is 8.12. The number of para-hydroxylation sites is 1. The van der Waals surface area contributed by atoms with Crippen LogP contribution in [0.2, 0.25) is 0 Å². The molecular weight excluding hydrogens is 172 g/mol. The second-order valence-corrected chi connectivity index (χ2v) is 3.19. The van der Waals surface area contributed by atoms with Crippen molar-refractivity contribution >= 4 is 16.7 Å². The van der Waals surface area contributed by atoms with Gasteiger partial charge in [-0.05, 0) is 30.8 Å². The minimum atomic E-state index is 0.835. The molecule has 0 amide bonds. The van der Waals surface area contributed by atoms with Crippen LogP contribution in [0.3, 0.4) is 0 Å². The number of hydrogen-bond acceptors (Lipinski definition) is 2. The monoisotopic (exact) mass is 184 g/mol. The van der Waals surface area contributed by atoms with Crippen molar-refractivity contribution in [2.24, 2.45) is 0 Å². The van der Waals surface area contributed by atoms with Gasteiger partial charge in [0.25, 0.3) is 0 Å². The fourth-order valence-corrected chi connectivity index (χ4v) is 1.48. The third-order valence-electron chi connectivity index (χ3n) is 2.17. The van der Waals surface area contributed by atoms with E-state index in [4.69, 9.17) is 0 Å². The van der Waals surface area contributed by atoms with E-state index in [0.717, 1.165) is 11.3 Å². The summed E-state index contributed by atoms with van der Waals surface area (Å²) in [6, 6.07) is 10.2. The molecule has 0 spiro atoms. The quantitative estimate of drug-likeness (QED) is 0.775. The molecule has 0 aliphatic rings. The molecule has 70 valence electrons. The summed E-state index contributed by atoms with van der Waals surface area (Å²) in [4.78, 5) is 4.48. The Balaban J connectivity index is 2.63. The molecule has 2 nitrogen and oxygen atoms in total. The molecule has 0 radical (unpaired) electrons. The van der Waals surface area contributed by atoms with Crippen LogP contribution in [0.1, 0.15) is 5.56 Å². The van der Waals surface area contributed by atoms with Gasteiger partial charge >= 0.3 is 0 Å². The summed E-state index contributed by atoms with van der Waals surface area (Å²) < 4.78 is 0. The van der Waals surface area contributed by atoms with Crippen LogP contribution in [0.25, 0.3) is 10.9 Å². The highest BCUT2D eigenvalue weighted by atomic mass is 15.0. The predicted molar refractivity (Wildman–Crippen MR) is 60.3 cm³/mol. The van der Waals surface area contributed by atoms with Gasteiger partial charge in [0, 0.05) is 5.39 Å². The number of nitrogens with one attached hydrogen (secondary N) is 1. The third-order valence-corrected chi connectivity index (χ3v) is 2.17. The Morgan fingerprint density at radius 3 is 2.93 bits per heavy atom. The minimum Gasteiger partial charge on any atom is -0.347 e. The summed E-state index contributed by atoms with van der Waals surface area (Å²) in [5.74, 6) is 0.835. The summed E-state index contributed by atoms with van der Waals surface area (Å²) in [5.41, 5.74) is 2.23. The van der Waals surface area contributed by atoms with Crippen LogP contribution in [0.5, 0.6) is 0 Å². The van der Waals surface area contributed by atoms with E-state index in [1.54, 1.807) is 6.20 Å². The van der Waals surface area contributed by atoms with Crippen LogP contribution in [-0.4, -0.2) is 4.98 Å². The van der Waals surface area contributed by atoms with E-state index < -0.39 is 0 Å². The van der Waals surface area contributed by atoms with E-state index in [1.807, 2.05) is 12.1 Å². The average Bonchev–Trinajstić information content (AvgIpc) is 2.20. The molecule has 1 N–H and O–H groups in total. The van der Waals surface area contributed by atoms with E-state index in [9.17, 15) is 0 Å². The second kappa shape index (κ2) is 3.50. The molecule has 0 aliphatic heterocycles. The van der Waals surface area contributed by atoms with Crippen molar-refractivity contribution in [1.82, 2.24) is 4.98 Å². The van der Waals surface area contributed by atoms with E-state index >= 15 is 0 Å². The fraction of sp³-hybridized carbons (Fsp3) is 0.0833. The van der Waals surface area contributed by atoms with E-state index in [2.05, 4.69) is 42.0 Å². The third kappa shape index (κ3) is 1.46.